The molecule has 2 nitrogen and oxygen atoms in total. The quantitative estimate of drug-likeness (QED) is 0.644. The maximum absolute atomic E-state index is 10.7. The van der Waals surface area contributed by atoms with Gasteiger partial charge in [-0.1, -0.05) is 18.1 Å². The van der Waals surface area contributed by atoms with Crippen molar-refractivity contribution in [1.29, 1.82) is 0 Å². The summed E-state index contributed by atoms with van der Waals surface area (Å²) in [7, 11) is 0. The summed E-state index contributed by atoms with van der Waals surface area (Å²) in [5.41, 5.74) is -0.306. The average molecular weight is 140 g/mol. The molecule has 0 atom stereocenters. The van der Waals surface area contributed by atoms with E-state index in [-0.39, 0.29) is 17.2 Å². The van der Waals surface area contributed by atoms with E-state index in [4.69, 9.17) is 10.6 Å². The van der Waals surface area contributed by atoms with Crippen LogP contribution in [0.15, 0.2) is 24.2 Å². The van der Waals surface area contributed by atoms with Gasteiger partial charge in [0.25, 0.3) is 0 Å². The van der Waals surface area contributed by atoms with Crippen LogP contribution in [0.5, 0.6) is 0 Å². The number of carbonyl (C=O) groups is 1. The predicted molar refractivity (Wildman–Crippen MR) is 38.1 cm³/mol. The SMILES string of the molecule is [2H]c1c([2H])c([2H])c(C(=O)O)c(C)c1[2H]. The highest BCUT2D eigenvalue weighted by atomic mass is 16.4. The molecule has 0 aromatic heterocycles. The molecule has 0 fully saturated rings. The third-order valence-corrected chi connectivity index (χ3v) is 1.09. The first-order chi connectivity index (χ1) is 6.37. The Balaban J connectivity index is 3.68. The van der Waals surface area contributed by atoms with Gasteiger partial charge in [-0.25, -0.2) is 4.79 Å². The predicted octanol–water partition coefficient (Wildman–Crippen LogP) is 1.69. The highest BCUT2D eigenvalue weighted by molar-refractivity contribution is 5.89. The molecule has 1 N–H and O–H groups in total. The normalized spacial score (nSPS) is 14.9. The van der Waals surface area contributed by atoms with Crippen LogP contribution >= 0.6 is 0 Å². The largest absolute Gasteiger partial charge is 0.478 e. The number of carboxylic acids is 1. The highest BCUT2D eigenvalue weighted by Gasteiger charge is 2.02. The lowest BCUT2D eigenvalue weighted by molar-refractivity contribution is 0.0696. The molecule has 0 spiro atoms. The van der Waals surface area contributed by atoms with Crippen LogP contribution in [0, 0.1) is 6.92 Å². The number of rotatable bonds is 1. The summed E-state index contributed by atoms with van der Waals surface area (Å²) < 4.78 is 29.2. The van der Waals surface area contributed by atoms with E-state index >= 15 is 0 Å². The number of hydrogen-bond donors (Lipinski definition) is 1. The first kappa shape index (κ1) is 3.19. The topological polar surface area (TPSA) is 37.3 Å². The van der Waals surface area contributed by atoms with E-state index in [1.165, 1.54) is 6.92 Å². The number of hydrogen-bond acceptors (Lipinski definition) is 1. The molecule has 1 aromatic rings. The van der Waals surface area contributed by atoms with Crippen molar-refractivity contribution in [3.63, 3.8) is 0 Å². The molecular formula is C8H8O2. The second-order valence-electron chi connectivity index (χ2n) is 1.81. The van der Waals surface area contributed by atoms with Crippen LogP contribution < -0.4 is 0 Å². The van der Waals surface area contributed by atoms with Gasteiger partial charge in [0.05, 0.1) is 11.0 Å². The molecule has 1 rings (SSSR count). The van der Waals surface area contributed by atoms with E-state index in [0.29, 0.717) is 0 Å². The zero-order chi connectivity index (χ0) is 11.0. The highest BCUT2D eigenvalue weighted by Crippen LogP contribution is 2.05. The van der Waals surface area contributed by atoms with Crippen LogP contribution in [0.2, 0.25) is 0 Å². The third kappa shape index (κ3) is 1.16. The van der Waals surface area contributed by atoms with Crippen molar-refractivity contribution in [2.24, 2.45) is 0 Å². The standard InChI is InChI=1S/C8H8O2/c1-6-4-2-3-5-7(6)8(9)10/h2-5H,1H3,(H,9,10)/i2D,3D,4D,5D. The second kappa shape index (κ2) is 2.52. The van der Waals surface area contributed by atoms with Crippen molar-refractivity contribution >= 4 is 5.97 Å². The van der Waals surface area contributed by atoms with Gasteiger partial charge in [0.15, 0.2) is 0 Å². The van der Waals surface area contributed by atoms with Crippen molar-refractivity contribution in [1.82, 2.24) is 0 Å². The second-order valence-corrected chi connectivity index (χ2v) is 1.81. The Labute approximate surface area is 64.7 Å². The van der Waals surface area contributed by atoms with Gasteiger partial charge in [-0.15, -0.1) is 0 Å². The summed E-state index contributed by atoms with van der Waals surface area (Å²) in [4.78, 5) is 10.7. The van der Waals surface area contributed by atoms with E-state index in [2.05, 4.69) is 0 Å². The van der Waals surface area contributed by atoms with Crippen LogP contribution in [0.4, 0.5) is 0 Å². The molecule has 0 aliphatic carbocycles. The zero-order valence-corrected chi connectivity index (χ0v) is 5.36. The van der Waals surface area contributed by atoms with E-state index < -0.39 is 24.1 Å². The molecule has 0 saturated carbocycles. The minimum absolute atomic E-state index is 0.0588. The Bertz CT molecular complexity index is 385. The van der Waals surface area contributed by atoms with Crippen LogP contribution in [-0.4, -0.2) is 11.1 Å². The van der Waals surface area contributed by atoms with Crippen molar-refractivity contribution in [3.8, 4) is 0 Å². The molecule has 1 aromatic carbocycles. The van der Waals surface area contributed by atoms with E-state index in [9.17, 15) is 4.79 Å². The third-order valence-electron chi connectivity index (χ3n) is 1.09. The van der Waals surface area contributed by atoms with Crippen molar-refractivity contribution in [2.75, 3.05) is 0 Å². The van der Waals surface area contributed by atoms with Gasteiger partial charge in [0.1, 0.15) is 0 Å². The summed E-state index contributed by atoms with van der Waals surface area (Å²) in [6.07, 6.45) is 0. The minimum Gasteiger partial charge on any atom is -0.478 e. The van der Waals surface area contributed by atoms with Crippen molar-refractivity contribution < 1.29 is 15.4 Å². The molecular weight excluding hydrogens is 128 g/mol. The van der Waals surface area contributed by atoms with Gasteiger partial charge in [0, 0.05) is 0 Å². The Hall–Kier alpha value is -1.31. The fourth-order valence-electron chi connectivity index (χ4n) is 0.589. The zero-order valence-electron chi connectivity index (χ0n) is 9.36. The molecule has 0 saturated heterocycles. The van der Waals surface area contributed by atoms with Crippen LogP contribution in [0.25, 0.3) is 0 Å². The maximum Gasteiger partial charge on any atom is 0.335 e. The molecule has 10 heavy (non-hydrogen) atoms. The first-order valence-electron chi connectivity index (χ1n) is 4.68. The Morgan fingerprint density at radius 1 is 1.60 bits per heavy atom. The molecule has 0 bridgehead atoms. The van der Waals surface area contributed by atoms with Crippen LogP contribution in [0.1, 0.15) is 21.4 Å². The van der Waals surface area contributed by atoms with E-state index in [0.717, 1.165) is 0 Å². The van der Waals surface area contributed by atoms with E-state index in [1.54, 1.807) is 0 Å². The van der Waals surface area contributed by atoms with Crippen molar-refractivity contribution in [3.05, 3.63) is 35.3 Å². The lowest BCUT2D eigenvalue weighted by atomic mass is 10.1. The summed E-state index contributed by atoms with van der Waals surface area (Å²) >= 11 is 0. The summed E-state index contributed by atoms with van der Waals surface area (Å²) in [6, 6.07) is -1.73. The molecule has 52 valence electrons. The minimum atomic E-state index is -1.34. The number of carboxylic acid groups (broad SMARTS) is 1. The van der Waals surface area contributed by atoms with Crippen molar-refractivity contribution in [2.45, 2.75) is 6.92 Å². The van der Waals surface area contributed by atoms with Gasteiger partial charge >= 0.3 is 5.97 Å². The summed E-state index contributed by atoms with van der Waals surface area (Å²) in [5.74, 6) is -1.34. The lowest BCUT2D eigenvalue weighted by Crippen LogP contribution is -1.97. The first-order valence-corrected chi connectivity index (χ1v) is 2.68. The van der Waals surface area contributed by atoms with Gasteiger partial charge in [-0.3, -0.25) is 0 Å². The van der Waals surface area contributed by atoms with Crippen LogP contribution in [0.3, 0.4) is 0 Å². The molecule has 0 radical (unpaired) electrons. The van der Waals surface area contributed by atoms with Gasteiger partial charge in [-0.2, -0.15) is 0 Å². The molecule has 0 amide bonds. The lowest BCUT2D eigenvalue weighted by Gasteiger charge is -1.96. The number of aromatic carboxylic acids is 1. The summed E-state index contributed by atoms with van der Waals surface area (Å²) in [5, 5.41) is 8.74. The summed E-state index contributed by atoms with van der Waals surface area (Å²) in [6.45, 7) is 1.36. The number of benzene rings is 1. The average Bonchev–Trinajstić information content (AvgIpc) is 2.11. The Morgan fingerprint density at radius 2 is 2.20 bits per heavy atom. The monoisotopic (exact) mass is 140 g/mol. The van der Waals surface area contributed by atoms with E-state index in [1.807, 2.05) is 0 Å². The van der Waals surface area contributed by atoms with Crippen LogP contribution in [-0.2, 0) is 0 Å². The van der Waals surface area contributed by atoms with Gasteiger partial charge in [0.2, 0.25) is 0 Å². The Kier molecular flexibility index (Phi) is 0.804. The van der Waals surface area contributed by atoms with Gasteiger partial charge < -0.3 is 5.11 Å². The smallest absolute Gasteiger partial charge is 0.335 e. The fourth-order valence-corrected chi connectivity index (χ4v) is 0.589. The molecule has 0 aliphatic heterocycles. The molecule has 0 aliphatic rings. The molecule has 2 heteroatoms. The van der Waals surface area contributed by atoms with Gasteiger partial charge in [-0.05, 0) is 18.5 Å². The Morgan fingerprint density at radius 3 is 2.80 bits per heavy atom. The molecule has 0 heterocycles. The maximum atomic E-state index is 10.7. The molecule has 0 unspecified atom stereocenters. The fraction of sp³-hybridized carbons (Fsp3) is 0.125.